The molecule has 32 heavy (non-hydrogen) atoms. The number of imide groups is 1. The number of hydrogen-bond donors (Lipinski definition) is 3. The van der Waals surface area contributed by atoms with E-state index in [-0.39, 0.29) is 12.4 Å². The summed E-state index contributed by atoms with van der Waals surface area (Å²) < 4.78 is 8.43. The summed E-state index contributed by atoms with van der Waals surface area (Å²) in [6, 6.07) is 10.2. The first-order chi connectivity index (χ1) is 15.4. The van der Waals surface area contributed by atoms with Crippen molar-refractivity contribution >= 4 is 33.6 Å². The first kappa shape index (κ1) is 19.5. The third-order valence-electron chi connectivity index (χ3n) is 5.46. The number of amides is 3. The van der Waals surface area contributed by atoms with Crippen molar-refractivity contribution in [1.29, 1.82) is 0 Å². The van der Waals surface area contributed by atoms with E-state index in [1.165, 1.54) is 4.57 Å². The summed E-state index contributed by atoms with van der Waals surface area (Å²) in [5.41, 5.74) is -0.0399. The van der Waals surface area contributed by atoms with Crippen LogP contribution >= 0.6 is 0 Å². The fourth-order valence-electron chi connectivity index (χ4n) is 3.86. The average molecular weight is 429 g/mol. The van der Waals surface area contributed by atoms with E-state index in [4.69, 9.17) is 4.74 Å². The number of nitrogens with one attached hydrogen (secondary N) is 2. The van der Waals surface area contributed by atoms with Crippen molar-refractivity contribution in [2.45, 2.75) is 12.1 Å². The van der Waals surface area contributed by atoms with E-state index in [2.05, 4.69) is 27.6 Å². The van der Waals surface area contributed by atoms with Gasteiger partial charge in [0, 0.05) is 41.2 Å². The number of nitrogens with zero attached hydrogens (tertiary/aromatic N) is 3. The molecule has 5 rings (SSSR count). The van der Waals surface area contributed by atoms with Gasteiger partial charge in [0.2, 0.25) is 5.54 Å². The van der Waals surface area contributed by atoms with Crippen LogP contribution in [-0.2, 0) is 18.4 Å². The molecule has 3 N–H and O–H groups in total. The molecule has 2 aromatic heterocycles. The molecule has 0 aliphatic carbocycles. The van der Waals surface area contributed by atoms with Crippen LogP contribution in [0.15, 0.2) is 48.8 Å². The molecule has 4 aromatic rings. The van der Waals surface area contributed by atoms with Crippen LogP contribution in [0.5, 0.6) is 11.6 Å². The highest BCUT2D eigenvalue weighted by atomic mass is 16.5. The van der Waals surface area contributed by atoms with Gasteiger partial charge in [-0.3, -0.25) is 14.8 Å². The van der Waals surface area contributed by atoms with Crippen molar-refractivity contribution in [3.8, 4) is 23.5 Å². The molecule has 2 aromatic carbocycles. The Kier molecular flexibility index (Phi) is 4.30. The van der Waals surface area contributed by atoms with E-state index in [0.717, 1.165) is 16.3 Å². The second kappa shape index (κ2) is 7.06. The summed E-state index contributed by atoms with van der Waals surface area (Å²) in [6.07, 6.45) is 3.57. The molecule has 9 heteroatoms. The number of methoxy groups -OCH3 is 1. The molecule has 3 heterocycles. The quantitative estimate of drug-likeness (QED) is 0.340. The molecule has 0 saturated carbocycles. The summed E-state index contributed by atoms with van der Waals surface area (Å²) in [4.78, 5) is 24.7. The molecule has 1 atom stereocenters. The minimum atomic E-state index is -1.54. The van der Waals surface area contributed by atoms with Crippen LogP contribution in [0.2, 0.25) is 0 Å². The smallest absolute Gasteiger partial charge is 0.323 e. The Morgan fingerprint density at radius 2 is 2.00 bits per heavy atom. The normalized spacial score (nSPS) is 17.8. The molecule has 1 saturated heterocycles. The van der Waals surface area contributed by atoms with Crippen molar-refractivity contribution in [2.75, 3.05) is 7.11 Å². The summed E-state index contributed by atoms with van der Waals surface area (Å²) in [6.45, 7) is -0.0739. The number of aryl methyl sites for hydroxylation is 1. The summed E-state index contributed by atoms with van der Waals surface area (Å²) in [5, 5.41) is 22.2. The number of carbonyl (C=O) groups excluding carboxylic acids is 2. The molecule has 1 aliphatic heterocycles. The van der Waals surface area contributed by atoms with Crippen molar-refractivity contribution in [1.82, 2.24) is 25.0 Å². The number of aromatic hydroxyl groups is 1. The Morgan fingerprint density at radius 3 is 2.75 bits per heavy atom. The van der Waals surface area contributed by atoms with Gasteiger partial charge in [0.05, 0.1) is 19.2 Å². The van der Waals surface area contributed by atoms with Gasteiger partial charge >= 0.3 is 6.03 Å². The lowest BCUT2D eigenvalue weighted by molar-refractivity contribution is -0.122. The lowest BCUT2D eigenvalue weighted by Crippen LogP contribution is -2.49. The maximum absolute atomic E-state index is 12.7. The van der Waals surface area contributed by atoms with Crippen molar-refractivity contribution in [3.63, 3.8) is 0 Å². The largest absolute Gasteiger partial charge is 0.497 e. The zero-order valence-corrected chi connectivity index (χ0v) is 17.3. The fourth-order valence-corrected chi connectivity index (χ4v) is 3.86. The van der Waals surface area contributed by atoms with Gasteiger partial charge in [-0.2, -0.15) is 5.10 Å². The fraction of sp³-hybridized carbons (Fsp3) is 0.174. The van der Waals surface area contributed by atoms with Crippen LogP contribution in [0.4, 0.5) is 4.79 Å². The number of rotatable bonds is 3. The highest BCUT2D eigenvalue weighted by molar-refractivity contribution is 6.09. The predicted octanol–water partition coefficient (Wildman–Crippen LogP) is 1.87. The maximum Gasteiger partial charge on any atom is 0.323 e. The molecule has 0 spiro atoms. The number of ether oxygens (including phenoxy) is 1. The summed E-state index contributed by atoms with van der Waals surface area (Å²) in [7, 11) is 3.38. The van der Waals surface area contributed by atoms with Gasteiger partial charge in [0.1, 0.15) is 5.75 Å². The Labute approximate surface area is 182 Å². The standard InChI is InChI=1S/C23H19N5O4/c1-27-11-16-9-14(3-6-19(16)26-27)7-8-23(21(30)24-22(31)25-23)13-28-12-15-4-5-17(32-2)10-18(15)20(28)29/h3-6,9-12,29H,13H2,1-2H3,(H2,24,25,30,31)/t23-/m0/s1. The predicted molar refractivity (Wildman–Crippen MR) is 117 cm³/mol. The third-order valence-corrected chi connectivity index (χ3v) is 5.46. The van der Waals surface area contributed by atoms with E-state index in [1.54, 1.807) is 42.3 Å². The highest BCUT2D eigenvalue weighted by Crippen LogP contribution is 2.32. The lowest BCUT2D eigenvalue weighted by atomic mass is 9.99. The summed E-state index contributed by atoms with van der Waals surface area (Å²) in [5.74, 6) is 5.89. The van der Waals surface area contributed by atoms with Crippen molar-refractivity contribution < 1.29 is 19.4 Å². The third kappa shape index (κ3) is 3.18. The molecule has 1 fully saturated rings. The zero-order valence-electron chi connectivity index (χ0n) is 17.3. The van der Waals surface area contributed by atoms with Crippen LogP contribution in [-0.4, -0.2) is 44.0 Å². The number of urea groups is 1. The Morgan fingerprint density at radius 1 is 1.16 bits per heavy atom. The Balaban J connectivity index is 1.55. The van der Waals surface area contributed by atoms with E-state index < -0.39 is 17.5 Å². The number of fused-ring (bicyclic) bond motifs is 2. The Bertz CT molecular complexity index is 1470. The van der Waals surface area contributed by atoms with E-state index in [9.17, 15) is 14.7 Å². The second-order valence-electron chi connectivity index (χ2n) is 7.67. The topological polar surface area (TPSA) is 110 Å². The molecule has 0 radical (unpaired) electrons. The van der Waals surface area contributed by atoms with Gasteiger partial charge in [-0.25, -0.2) is 4.79 Å². The van der Waals surface area contributed by atoms with Gasteiger partial charge in [0.15, 0.2) is 5.88 Å². The van der Waals surface area contributed by atoms with Gasteiger partial charge in [-0.1, -0.05) is 11.8 Å². The molecule has 9 nitrogen and oxygen atoms in total. The van der Waals surface area contributed by atoms with Gasteiger partial charge in [-0.05, 0) is 36.4 Å². The molecule has 0 unspecified atom stereocenters. The second-order valence-corrected chi connectivity index (χ2v) is 7.67. The minimum absolute atomic E-state index is 0.0502. The average Bonchev–Trinajstić information content (AvgIpc) is 3.38. The molecular formula is C23H19N5O4. The SMILES string of the molecule is COc1ccc2cn(C[C@]3(C#Cc4ccc5nn(C)cc5c4)NC(=O)NC3=O)c(O)c2c1. The van der Waals surface area contributed by atoms with Crippen molar-refractivity contribution in [2.24, 2.45) is 7.05 Å². The van der Waals surface area contributed by atoms with Crippen LogP contribution < -0.4 is 15.4 Å². The van der Waals surface area contributed by atoms with Gasteiger partial charge in [-0.15, -0.1) is 0 Å². The first-order valence-electron chi connectivity index (χ1n) is 9.83. The number of hydrogen-bond acceptors (Lipinski definition) is 5. The van der Waals surface area contributed by atoms with Gasteiger partial charge in [0.25, 0.3) is 5.91 Å². The number of carbonyl (C=O) groups is 2. The highest BCUT2D eigenvalue weighted by Gasteiger charge is 2.46. The molecule has 3 amide bonds. The van der Waals surface area contributed by atoms with Crippen molar-refractivity contribution in [3.05, 3.63) is 54.4 Å². The van der Waals surface area contributed by atoms with E-state index in [1.807, 2.05) is 25.4 Å². The van der Waals surface area contributed by atoms with Crippen LogP contribution in [0.25, 0.3) is 21.7 Å². The lowest BCUT2D eigenvalue weighted by Gasteiger charge is -2.20. The number of benzene rings is 2. The monoisotopic (exact) mass is 429 g/mol. The van der Waals surface area contributed by atoms with E-state index in [0.29, 0.717) is 16.7 Å². The van der Waals surface area contributed by atoms with Crippen LogP contribution in [0.1, 0.15) is 5.56 Å². The summed E-state index contributed by atoms with van der Waals surface area (Å²) >= 11 is 0. The maximum atomic E-state index is 12.7. The first-order valence-corrected chi connectivity index (χ1v) is 9.83. The van der Waals surface area contributed by atoms with Crippen LogP contribution in [0.3, 0.4) is 0 Å². The molecular weight excluding hydrogens is 410 g/mol. The van der Waals surface area contributed by atoms with Crippen LogP contribution in [0, 0.1) is 11.8 Å². The number of aromatic nitrogens is 3. The minimum Gasteiger partial charge on any atom is -0.497 e. The Hall–Kier alpha value is -4.45. The zero-order chi connectivity index (χ0) is 22.5. The molecule has 1 aliphatic rings. The molecule has 0 bridgehead atoms. The van der Waals surface area contributed by atoms with Gasteiger partial charge < -0.3 is 19.7 Å². The molecule has 160 valence electrons. The van der Waals surface area contributed by atoms with E-state index >= 15 is 0 Å².